The molecule has 1 fully saturated rings. The first kappa shape index (κ1) is 20.2. The smallest absolute Gasteiger partial charge is 0.224 e. The average Bonchev–Trinajstić information content (AvgIpc) is 2.69. The van der Waals surface area contributed by atoms with Crippen LogP contribution in [-0.4, -0.2) is 36.2 Å². The van der Waals surface area contributed by atoms with Crippen molar-refractivity contribution >= 4 is 29.3 Å². The summed E-state index contributed by atoms with van der Waals surface area (Å²) in [7, 11) is 0. The summed E-state index contributed by atoms with van der Waals surface area (Å²) in [5.74, 6) is 0.600. The number of halogens is 2. The number of thioether (sulfide) groups is 1. The van der Waals surface area contributed by atoms with Crippen LogP contribution in [0.15, 0.2) is 53.4 Å². The Bertz CT molecular complexity index is 739. The summed E-state index contributed by atoms with van der Waals surface area (Å²) in [6.45, 7) is 2.59. The summed E-state index contributed by atoms with van der Waals surface area (Å²) in [5, 5.41) is 3.49. The number of nitrogens with zero attached hydrogens (tertiary/aromatic N) is 1. The molecule has 27 heavy (non-hydrogen) atoms. The van der Waals surface area contributed by atoms with Crippen molar-refractivity contribution in [1.29, 1.82) is 0 Å². The Hall–Kier alpha value is -1.56. The third kappa shape index (κ3) is 5.96. The second-order valence-electron chi connectivity index (χ2n) is 6.73. The van der Waals surface area contributed by atoms with E-state index in [1.807, 2.05) is 18.2 Å². The second kappa shape index (κ2) is 10.1. The van der Waals surface area contributed by atoms with Crippen LogP contribution in [0.2, 0.25) is 5.02 Å². The third-order valence-electron chi connectivity index (χ3n) is 4.73. The Morgan fingerprint density at radius 1 is 1.22 bits per heavy atom. The van der Waals surface area contributed by atoms with Gasteiger partial charge in [-0.15, -0.1) is 11.8 Å². The lowest BCUT2D eigenvalue weighted by Crippen LogP contribution is -2.43. The maximum Gasteiger partial charge on any atom is 0.224 e. The maximum atomic E-state index is 14.0. The van der Waals surface area contributed by atoms with Crippen molar-refractivity contribution < 1.29 is 9.18 Å². The van der Waals surface area contributed by atoms with E-state index in [1.54, 1.807) is 23.9 Å². The molecule has 1 aliphatic rings. The minimum atomic E-state index is -0.285. The molecule has 0 aromatic heterocycles. The van der Waals surface area contributed by atoms with Crippen molar-refractivity contribution in [2.24, 2.45) is 5.92 Å². The molecule has 1 N–H and O–H groups in total. The number of hydrogen-bond donors (Lipinski definition) is 1. The van der Waals surface area contributed by atoms with Gasteiger partial charge in [-0.05, 0) is 43.7 Å². The standard InChI is InChI=1S/C21H24ClFN2OS/c22-19-9-4-10-20(23)18(19)15-25-12-5-6-16(14-25)21(26)24-11-13-27-17-7-2-1-3-8-17/h1-4,7-10,16H,5-6,11-15H2,(H,24,26). The van der Waals surface area contributed by atoms with E-state index in [0.717, 1.165) is 25.1 Å². The van der Waals surface area contributed by atoms with Crippen molar-refractivity contribution in [1.82, 2.24) is 10.2 Å². The molecule has 1 heterocycles. The lowest BCUT2D eigenvalue weighted by Gasteiger charge is -2.32. The van der Waals surface area contributed by atoms with Crippen LogP contribution >= 0.6 is 23.4 Å². The summed E-state index contributed by atoms with van der Waals surface area (Å²) >= 11 is 7.87. The predicted molar refractivity (Wildman–Crippen MR) is 110 cm³/mol. The van der Waals surface area contributed by atoms with Gasteiger partial charge in [0.2, 0.25) is 5.91 Å². The van der Waals surface area contributed by atoms with E-state index in [9.17, 15) is 9.18 Å². The van der Waals surface area contributed by atoms with E-state index in [0.29, 0.717) is 30.2 Å². The van der Waals surface area contributed by atoms with Crippen LogP contribution in [-0.2, 0) is 11.3 Å². The molecular formula is C21H24ClFN2OS. The Balaban J connectivity index is 1.45. The van der Waals surface area contributed by atoms with Crippen LogP contribution in [0.25, 0.3) is 0 Å². The van der Waals surface area contributed by atoms with Gasteiger partial charge in [-0.3, -0.25) is 9.69 Å². The SMILES string of the molecule is O=C(NCCSc1ccccc1)C1CCCN(Cc2c(F)cccc2Cl)C1. The molecular weight excluding hydrogens is 383 g/mol. The summed E-state index contributed by atoms with van der Waals surface area (Å²) in [6, 6.07) is 14.9. The molecule has 0 bridgehead atoms. The van der Waals surface area contributed by atoms with E-state index in [4.69, 9.17) is 11.6 Å². The average molecular weight is 407 g/mol. The van der Waals surface area contributed by atoms with Gasteiger partial charge in [-0.1, -0.05) is 35.9 Å². The molecule has 2 aromatic rings. The molecule has 0 aliphatic carbocycles. The highest BCUT2D eigenvalue weighted by Crippen LogP contribution is 2.24. The van der Waals surface area contributed by atoms with Gasteiger partial charge < -0.3 is 5.32 Å². The molecule has 3 rings (SSSR count). The van der Waals surface area contributed by atoms with E-state index < -0.39 is 0 Å². The van der Waals surface area contributed by atoms with Crippen LogP contribution in [0.1, 0.15) is 18.4 Å². The number of carbonyl (C=O) groups is 1. The first-order valence-electron chi connectivity index (χ1n) is 9.24. The minimum absolute atomic E-state index is 0.0500. The van der Waals surface area contributed by atoms with Crippen LogP contribution < -0.4 is 5.32 Å². The van der Waals surface area contributed by atoms with Crippen molar-refractivity contribution in [2.75, 3.05) is 25.4 Å². The Morgan fingerprint density at radius 3 is 2.81 bits per heavy atom. The third-order valence-corrected chi connectivity index (χ3v) is 6.10. The number of nitrogens with one attached hydrogen (secondary N) is 1. The summed E-state index contributed by atoms with van der Waals surface area (Å²) in [6.07, 6.45) is 1.81. The highest BCUT2D eigenvalue weighted by Gasteiger charge is 2.26. The highest BCUT2D eigenvalue weighted by atomic mass is 35.5. The normalized spacial score (nSPS) is 17.6. The molecule has 1 aliphatic heterocycles. The fourth-order valence-electron chi connectivity index (χ4n) is 3.32. The van der Waals surface area contributed by atoms with Gasteiger partial charge in [0.25, 0.3) is 0 Å². The van der Waals surface area contributed by atoms with E-state index in [2.05, 4.69) is 22.3 Å². The van der Waals surface area contributed by atoms with Crippen LogP contribution in [0.5, 0.6) is 0 Å². The number of amides is 1. The molecule has 0 radical (unpaired) electrons. The van der Waals surface area contributed by atoms with Gasteiger partial charge in [0.15, 0.2) is 0 Å². The lowest BCUT2D eigenvalue weighted by atomic mass is 9.96. The summed E-state index contributed by atoms with van der Waals surface area (Å²) in [4.78, 5) is 15.8. The monoisotopic (exact) mass is 406 g/mol. The zero-order valence-electron chi connectivity index (χ0n) is 15.2. The van der Waals surface area contributed by atoms with Gasteiger partial charge in [-0.25, -0.2) is 4.39 Å². The molecule has 3 nitrogen and oxygen atoms in total. The molecule has 1 atom stereocenters. The molecule has 1 unspecified atom stereocenters. The number of rotatable bonds is 7. The van der Waals surface area contributed by atoms with Gasteiger partial charge in [0.1, 0.15) is 5.82 Å². The molecule has 0 spiro atoms. The van der Waals surface area contributed by atoms with Crippen molar-refractivity contribution in [3.05, 3.63) is 64.9 Å². The van der Waals surface area contributed by atoms with E-state index >= 15 is 0 Å². The van der Waals surface area contributed by atoms with E-state index in [-0.39, 0.29) is 17.6 Å². The van der Waals surface area contributed by atoms with Crippen LogP contribution in [0.4, 0.5) is 4.39 Å². The number of piperidine rings is 1. The molecule has 1 amide bonds. The zero-order valence-corrected chi connectivity index (χ0v) is 16.7. The zero-order chi connectivity index (χ0) is 19.1. The second-order valence-corrected chi connectivity index (χ2v) is 8.30. The topological polar surface area (TPSA) is 32.3 Å². The van der Waals surface area contributed by atoms with Crippen LogP contribution in [0, 0.1) is 11.7 Å². The lowest BCUT2D eigenvalue weighted by molar-refractivity contribution is -0.126. The molecule has 0 saturated carbocycles. The van der Waals surface area contributed by atoms with Gasteiger partial charge in [-0.2, -0.15) is 0 Å². The minimum Gasteiger partial charge on any atom is -0.355 e. The van der Waals surface area contributed by atoms with Gasteiger partial charge in [0, 0.05) is 40.9 Å². The highest BCUT2D eigenvalue weighted by molar-refractivity contribution is 7.99. The Morgan fingerprint density at radius 2 is 2.04 bits per heavy atom. The largest absolute Gasteiger partial charge is 0.355 e. The number of benzene rings is 2. The Labute approximate surface area is 169 Å². The molecule has 2 aromatic carbocycles. The molecule has 6 heteroatoms. The fourth-order valence-corrected chi connectivity index (χ4v) is 4.34. The van der Waals surface area contributed by atoms with Crippen molar-refractivity contribution in [3.63, 3.8) is 0 Å². The van der Waals surface area contributed by atoms with Crippen molar-refractivity contribution in [3.8, 4) is 0 Å². The quantitative estimate of drug-likeness (QED) is 0.538. The summed E-state index contributed by atoms with van der Waals surface area (Å²) in [5.41, 5.74) is 0.513. The predicted octanol–water partition coefficient (Wildman–Crippen LogP) is 4.60. The first-order valence-corrected chi connectivity index (χ1v) is 10.6. The molecule has 144 valence electrons. The van der Waals surface area contributed by atoms with Gasteiger partial charge in [0.05, 0.1) is 5.92 Å². The number of carbonyl (C=O) groups excluding carboxylic acids is 1. The fraction of sp³-hybridized carbons (Fsp3) is 0.381. The Kier molecular flexibility index (Phi) is 7.56. The maximum absolute atomic E-state index is 14.0. The molecule has 1 saturated heterocycles. The van der Waals surface area contributed by atoms with Gasteiger partial charge >= 0.3 is 0 Å². The first-order chi connectivity index (χ1) is 13.1. The van der Waals surface area contributed by atoms with Crippen LogP contribution in [0.3, 0.4) is 0 Å². The van der Waals surface area contributed by atoms with E-state index in [1.165, 1.54) is 11.0 Å². The van der Waals surface area contributed by atoms with Crippen molar-refractivity contribution in [2.45, 2.75) is 24.3 Å². The number of likely N-dealkylation sites (tertiary alicyclic amines) is 1. The number of hydrogen-bond acceptors (Lipinski definition) is 3. The summed E-state index contributed by atoms with van der Waals surface area (Å²) < 4.78 is 14.0.